The second-order valence-electron chi connectivity index (χ2n) is 5.79. The van der Waals surface area contributed by atoms with Crippen LogP contribution in [0.1, 0.15) is 43.1 Å². The summed E-state index contributed by atoms with van der Waals surface area (Å²) in [4.78, 5) is 34.9. The number of benzene rings is 1. The first-order valence-electron chi connectivity index (χ1n) is 7.55. The highest BCUT2D eigenvalue weighted by atomic mass is 16.5. The molecule has 1 unspecified atom stereocenters. The van der Waals surface area contributed by atoms with Crippen LogP contribution in [0, 0.1) is 5.92 Å². The van der Waals surface area contributed by atoms with E-state index in [0.29, 0.717) is 18.5 Å². The van der Waals surface area contributed by atoms with Crippen molar-refractivity contribution >= 4 is 17.8 Å². The number of ether oxygens (including phenoxy) is 1. The zero-order chi connectivity index (χ0) is 17.4. The van der Waals surface area contributed by atoms with E-state index < -0.39 is 12.0 Å². The zero-order valence-electron chi connectivity index (χ0n) is 14.0. The molecule has 1 aromatic rings. The highest BCUT2D eigenvalue weighted by Gasteiger charge is 2.23. The van der Waals surface area contributed by atoms with Crippen LogP contribution < -0.4 is 10.6 Å². The van der Waals surface area contributed by atoms with Crippen molar-refractivity contribution in [3.05, 3.63) is 35.4 Å². The summed E-state index contributed by atoms with van der Waals surface area (Å²) in [7, 11) is 1.30. The van der Waals surface area contributed by atoms with Crippen molar-refractivity contribution in [3.8, 4) is 0 Å². The van der Waals surface area contributed by atoms with Gasteiger partial charge in [-0.1, -0.05) is 26.0 Å². The summed E-state index contributed by atoms with van der Waals surface area (Å²) in [5.41, 5.74) is 1.35. The van der Waals surface area contributed by atoms with E-state index in [1.807, 2.05) is 13.8 Å². The monoisotopic (exact) mass is 320 g/mol. The summed E-state index contributed by atoms with van der Waals surface area (Å²) in [6.45, 7) is 5.80. The summed E-state index contributed by atoms with van der Waals surface area (Å²) in [5.74, 6) is -0.637. The Labute approximate surface area is 136 Å². The topological polar surface area (TPSA) is 84.5 Å². The number of methoxy groups -OCH3 is 1. The Morgan fingerprint density at radius 1 is 1.13 bits per heavy atom. The van der Waals surface area contributed by atoms with Gasteiger partial charge in [0.15, 0.2) is 0 Å². The van der Waals surface area contributed by atoms with Crippen molar-refractivity contribution in [1.29, 1.82) is 0 Å². The molecule has 0 spiro atoms. The van der Waals surface area contributed by atoms with Gasteiger partial charge in [0.05, 0.1) is 7.11 Å². The van der Waals surface area contributed by atoms with Crippen molar-refractivity contribution in [3.63, 3.8) is 0 Å². The smallest absolute Gasteiger partial charge is 0.328 e. The van der Waals surface area contributed by atoms with Crippen molar-refractivity contribution < 1.29 is 19.1 Å². The number of amides is 2. The van der Waals surface area contributed by atoms with Gasteiger partial charge in [-0.3, -0.25) is 9.59 Å². The summed E-state index contributed by atoms with van der Waals surface area (Å²) in [6, 6.07) is 6.19. The largest absolute Gasteiger partial charge is 0.467 e. The lowest BCUT2D eigenvalue weighted by Crippen LogP contribution is -2.42. The molecule has 1 aromatic carbocycles. The first kappa shape index (κ1) is 18.7. The molecule has 1 rings (SSSR count). The van der Waals surface area contributed by atoms with Gasteiger partial charge in [-0.2, -0.15) is 0 Å². The van der Waals surface area contributed by atoms with Crippen LogP contribution in [0.15, 0.2) is 24.3 Å². The maximum atomic E-state index is 12.2. The van der Waals surface area contributed by atoms with Crippen LogP contribution in [0.2, 0.25) is 0 Å². The second kappa shape index (κ2) is 8.92. The van der Waals surface area contributed by atoms with E-state index in [1.165, 1.54) is 14.0 Å². The van der Waals surface area contributed by atoms with Crippen LogP contribution in [0.25, 0.3) is 0 Å². The fourth-order valence-electron chi connectivity index (χ4n) is 2.07. The molecule has 0 fully saturated rings. The molecule has 0 heterocycles. The average molecular weight is 320 g/mol. The Balaban J connectivity index is 2.71. The molecule has 1 atom stereocenters. The number of rotatable bonds is 7. The molecule has 6 nitrogen and oxygen atoms in total. The van der Waals surface area contributed by atoms with Crippen molar-refractivity contribution in [2.75, 3.05) is 7.11 Å². The molecular formula is C17H24N2O4. The minimum Gasteiger partial charge on any atom is -0.467 e. The van der Waals surface area contributed by atoms with E-state index in [-0.39, 0.29) is 17.7 Å². The molecule has 2 amide bonds. The van der Waals surface area contributed by atoms with Gasteiger partial charge in [-0.25, -0.2) is 4.79 Å². The highest BCUT2D eigenvalue weighted by Crippen LogP contribution is 2.09. The Morgan fingerprint density at radius 2 is 1.74 bits per heavy atom. The zero-order valence-corrected chi connectivity index (χ0v) is 14.0. The normalized spacial score (nSPS) is 11.7. The Kier molecular flexibility index (Phi) is 7.25. The lowest BCUT2D eigenvalue weighted by Gasteiger charge is -2.18. The quantitative estimate of drug-likeness (QED) is 0.748. The third kappa shape index (κ3) is 6.50. The number of carbonyl (C=O) groups is 3. The predicted octanol–water partition coefficient (Wildman–Crippen LogP) is 1.64. The number of hydrogen-bond donors (Lipinski definition) is 2. The molecule has 0 aromatic heterocycles. The molecule has 0 bridgehead atoms. The van der Waals surface area contributed by atoms with Crippen LogP contribution in [0.5, 0.6) is 0 Å². The van der Waals surface area contributed by atoms with Crippen molar-refractivity contribution in [2.45, 2.75) is 39.8 Å². The van der Waals surface area contributed by atoms with E-state index in [2.05, 4.69) is 10.6 Å². The Morgan fingerprint density at radius 3 is 2.22 bits per heavy atom. The predicted molar refractivity (Wildman–Crippen MR) is 86.7 cm³/mol. The second-order valence-corrected chi connectivity index (χ2v) is 5.79. The Bertz CT molecular complexity index is 552. The van der Waals surface area contributed by atoms with Gasteiger partial charge in [0.2, 0.25) is 5.91 Å². The van der Waals surface area contributed by atoms with E-state index in [0.717, 1.165) is 5.56 Å². The molecular weight excluding hydrogens is 296 g/mol. The molecule has 0 aliphatic carbocycles. The molecule has 0 saturated carbocycles. The molecule has 0 saturated heterocycles. The summed E-state index contributed by atoms with van der Waals surface area (Å²) >= 11 is 0. The van der Waals surface area contributed by atoms with E-state index in [9.17, 15) is 14.4 Å². The third-order valence-electron chi connectivity index (χ3n) is 3.26. The summed E-state index contributed by atoms with van der Waals surface area (Å²) < 4.78 is 4.73. The first-order valence-corrected chi connectivity index (χ1v) is 7.55. The van der Waals surface area contributed by atoms with E-state index >= 15 is 0 Å². The molecule has 6 heteroatoms. The van der Waals surface area contributed by atoms with Gasteiger partial charge in [0.1, 0.15) is 6.04 Å². The molecule has 2 N–H and O–H groups in total. The molecule has 126 valence electrons. The van der Waals surface area contributed by atoms with Crippen LogP contribution in [-0.2, 0) is 20.9 Å². The van der Waals surface area contributed by atoms with Crippen LogP contribution in [-0.4, -0.2) is 30.9 Å². The molecule has 0 aliphatic rings. The van der Waals surface area contributed by atoms with E-state index in [4.69, 9.17) is 4.74 Å². The number of carbonyl (C=O) groups excluding carboxylic acids is 3. The maximum absolute atomic E-state index is 12.2. The van der Waals surface area contributed by atoms with Crippen molar-refractivity contribution in [1.82, 2.24) is 10.6 Å². The first-order chi connectivity index (χ1) is 10.8. The number of nitrogens with one attached hydrogen (secondary N) is 2. The third-order valence-corrected chi connectivity index (χ3v) is 3.26. The number of esters is 1. The minimum absolute atomic E-state index is 0.110. The lowest BCUT2D eigenvalue weighted by atomic mass is 10.0. The average Bonchev–Trinajstić information content (AvgIpc) is 2.51. The Hall–Kier alpha value is -2.37. The van der Waals surface area contributed by atoms with Gasteiger partial charge >= 0.3 is 5.97 Å². The van der Waals surface area contributed by atoms with E-state index in [1.54, 1.807) is 24.3 Å². The molecule has 0 radical (unpaired) electrons. The fourth-order valence-corrected chi connectivity index (χ4v) is 2.07. The van der Waals surface area contributed by atoms with Crippen molar-refractivity contribution in [2.24, 2.45) is 5.92 Å². The van der Waals surface area contributed by atoms with Gasteiger partial charge in [0, 0.05) is 19.0 Å². The molecule has 23 heavy (non-hydrogen) atoms. The number of hydrogen-bond acceptors (Lipinski definition) is 4. The van der Waals surface area contributed by atoms with Crippen LogP contribution in [0.3, 0.4) is 0 Å². The van der Waals surface area contributed by atoms with Crippen LogP contribution in [0.4, 0.5) is 0 Å². The van der Waals surface area contributed by atoms with Gasteiger partial charge < -0.3 is 15.4 Å². The molecule has 0 aliphatic heterocycles. The van der Waals surface area contributed by atoms with Gasteiger partial charge in [-0.15, -0.1) is 0 Å². The van der Waals surface area contributed by atoms with Gasteiger partial charge in [0.25, 0.3) is 5.91 Å². The summed E-state index contributed by atoms with van der Waals surface area (Å²) in [6.07, 6.45) is 0.513. The minimum atomic E-state index is -0.661. The SMILES string of the molecule is COC(=O)C(CC(C)C)NC(=O)c1ccc(CNC(C)=O)cc1. The summed E-state index contributed by atoms with van der Waals surface area (Å²) in [5, 5.41) is 5.39. The van der Waals surface area contributed by atoms with Gasteiger partial charge in [-0.05, 0) is 30.0 Å². The fraction of sp³-hybridized carbons (Fsp3) is 0.471. The van der Waals surface area contributed by atoms with Crippen LogP contribution >= 0.6 is 0 Å². The standard InChI is InChI=1S/C17H24N2O4/c1-11(2)9-15(17(22)23-4)19-16(21)14-7-5-13(6-8-14)10-18-12(3)20/h5-8,11,15H,9-10H2,1-4H3,(H,18,20)(H,19,21). The highest BCUT2D eigenvalue weighted by molar-refractivity contribution is 5.96. The maximum Gasteiger partial charge on any atom is 0.328 e. The lowest BCUT2D eigenvalue weighted by molar-refractivity contribution is -0.143.